The molecule has 1 unspecified atom stereocenters. The molecule has 2 heterocycles. The van der Waals surface area contributed by atoms with E-state index in [1.807, 2.05) is 38.1 Å². The Labute approximate surface area is 225 Å². The fourth-order valence-electron chi connectivity index (χ4n) is 4.52. The van der Waals surface area contributed by atoms with Gasteiger partial charge in [0.2, 0.25) is 5.88 Å². The van der Waals surface area contributed by atoms with Crippen molar-refractivity contribution in [3.05, 3.63) is 100 Å². The van der Waals surface area contributed by atoms with Gasteiger partial charge in [0.1, 0.15) is 17.4 Å². The Morgan fingerprint density at radius 3 is 2.51 bits per heavy atom. The Hall–Kier alpha value is -5.23. The van der Waals surface area contributed by atoms with E-state index in [0.29, 0.717) is 34.3 Å². The maximum Gasteiger partial charge on any atom is 0.277 e. The number of nitrogens with two attached hydrogens (primary N) is 1. The summed E-state index contributed by atoms with van der Waals surface area (Å²) in [6.07, 6.45) is 0. The molecule has 0 bridgehead atoms. The Balaban J connectivity index is 1.43. The van der Waals surface area contributed by atoms with Crippen molar-refractivity contribution in [1.82, 2.24) is 5.16 Å². The summed E-state index contributed by atoms with van der Waals surface area (Å²) in [7, 11) is 3.10. The van der Waals surface area contributed by atoms with E-state index in [9.17, 15) is 10.1 Å². The molecular weight excluding hydrogens is 496 g/mol. The standard InChI is InChI=1S/C30H26N4O5/c1-16-5-6-18(11-17(16)2)25-14-23(34-39-25)30(35)33-20-8-9-21-26(13-20)38-29(32)22(15-31)28(21)19-7-10-24(36-3)27(12-19)37-4/h5-14,28H,32H2,1-4H3,(H,33,35). The number of hydrogen-bond acceptors (Lipinski definition) is 8. The van der Waals surface area contributed by atoms with Crippen LogP contribution in [0.3, 0.4) is 0 Å². The molecule has 1 aliphatic heterocycles. The van der Waals surface area contributed by atoms with Gasteiger partial charge in [0.25, 0.3) is 5.91 Å². The molecule has 0 radical (unpaired) electrons. The summed E-state index contributed by atoms with van der Waals surface area (Å²) in [6, 6.07) is 20.3. The fraction of sp³-hybridized carbons (Fsp3) is 0.167. The topological polar surface area (TPSA) is 133 Å². The van der Waals surface area contributed by atoms with E-state index in [4.69, 9.17) is 24.5 Å². The van der Waals surface area contributed by atoms with Crippen LogP contribution in [0.1, 0.15) is 38.7 Å². The summed E-state index contributed by atoms with van der Waals surface area (Å²) < 4.78 is 22.0. The molecule has 1 aromatic heterocycles. The van der Waals surface area contributed by atoms with Gasteiger partial charge in [0.05, 0.1) is 20.1 Å². The van der Waals surface area contributed by atoms with Gasteiger partial charge in [-0.2, -0.15) is 5.26 Å². The highest BCUT2D eigenvalue weighted by atomic mass is 16.5. The third-order valence-corrected chi connectivity index (χ3v) is 6.75. The van der Waals surface area contributed by atoms with E-state index < -0.39 is 11.8 Å². The van der Waals surface area contributed by atoms with Crippen LogP contribution in [0.25, 0.3) is 11.3 Å². The highest BCUT2D eigenvalue weighted by molar-refractivity contribution is 6.03. The minimum Gasteiger partial charge on any atom is -0.493 e. The molecule has 196 valence electrons. The summed E-state index contributed by atoms with van der Waals surface area (Å²) in [5.74, 6) is 1.05. The molecule has 3 aromatic carbocycles. The van der Waals surface area contributed by atoms with Crippen LogP contribution in [0.15, 0.2) is 76.6 Å². The lowest BCUT2D eigenvalue weighted by Crippen LogP contribution is -2.21. The molecule has 9 heteroatoms. The minimum atomic E-state index is -0.501. The zero-order valence-electron chi connectivity index (χ0n) is 21.9. The Morgan fingerprint density at radius 1 is 1.00 bits per heavy atom. The summed E-state index contributed by atoms with van der Waals surface area (Å²) in [5.41, 5.74) is 11.6. The van der Waals surface area contributed by atoms with Crippen molar-refractivity contribution in [2.45, 2.75) is 19.8 Å². The van der Waals surface area contributed by atoms with Crippen LogP contribution < -0.4 is 25.3 Å². The average Bonchev–Trinajstić information content (AvgIpc) is 3.44. The molecule has 1 atom stereocenters. The molecule has 1 aliphatic rings. The number of methoxy groups -OCH3 is 2. The first-order valence-electron chi connectivity index (χ1n) is 12.1. The van der Waals surface area contributed by atoms with Crippen LogP contribution >= 0.6 is 0 Å². The molecule has 39 heavy (non-hydrogen) atoms. The quantitative estimate of drug-likeness (QED) is 0.342. The molecule has 0 saturated heterocycles. The summed E-state index contributed by atoms with van der Waals surface area (Å²) in [4.78, 5) is 13.0. The summed E-state index contributed by atoms with van der Waals surface area (Å²) in [5, 5.41) is 16.6. The van der Waals surface area contributed by atoms with Gasteiger partial charge < -0.3 is 29.8 Å². The van der Waals surface area contributed by atoms with Gasteiger partial charge in [0, 0.05) is 28.9 Å². The smallest absolute Gasteiger partial charge is 0.277 e. The molecule has 3 N–H and O–H groups in total. The van der Waals surface area contributed by atoms with Gasteiger partial charge in [-0.25, -0.2) is 0 Å². The van der Waals surface area contributed by atoms with E-state index in [-0.39, 0.29) is 17.2 Å². The first-order chi connectivity index (χ1) is 18.8. The number of anilines is 1. The number of carbonyl (C=O) groups excluding carboxylic acids is 1. The first-order valence-corrected chi connectivity index (χ1v) is 12.1. The Morgan fingerprint density at radius 2 is 1.79 bits per heavy atom. The van der Waals surface area contributed by atoms with Crippen LogP contribution in [0, 0.1) is 25.2 Å². The number of aromatic nitrogens is 1. The van der Waals surface area contributed by atoms with Gasteiger partial charge in [-0.15, -0.1) is 0 Å². The Kier molecular flexibility index (Phi) is 6.69. The summed E-state index contributed by atoms with van der Waals surface area (Å²) in [6.45, 7) is 4.04. The number of nitrogens with zero attached hydrogens (tertiary/aromatic N) is 2. The van der Waals surface area contributed by atoms with Crippen molar-refractivity contribution in [2.75, 3.05) is 19.5 Å². The van der Waals surface area contributed by atoms with E-state index in [0.717, 1.165) is 22.3 Å². The minimum absolute atomic E-state index is 0.0113. The monoisotopic (exact) mass is 522 g/mol. The van der Waals surface area contributed by atoms with Crippen molar-refractivity contribution in [1.29, 1.82) is 5.26 Å². The van der Waals surface area contributed by atoms with Gasteiger partial charge >= 0.3 is 0 Å². The zero-order valence-corrected chi connectivity index (χ0v) is 21.9. The van der Waals surface area contributed by atoms with Gasteiger partial charge in [-0.3, -0.25) is 4.79 Å². The second-order valence-corrected chi connectivity index (χ2v) is 9.12. The van der Waals surface area contributed by atoms with Crippen molar-refractivity contribution >= 4 is 11.6 Å². The number of aryl methyl sites for hydroxylation is 2. The van der Waals surface area contributed by atoms with Crippen LogP contribution in [0.2, 0.25) is 0 Å². The fourth-order valence-corrected chi connectivity index (χ4v) is 4.52. The predicted molar refractivity (Wildman–Crippen MR) is 145 cm³/mol. The third-order valence-electron chi connectivity index (χ3n) is 6.75. The first kappa shape index (κ1) is 25.4. The van der Waals surface area contributed by atoms with Crippen molar-refractivity contribution in [2.24, 2.45) is 5.73 Å². The van der Waals surface area contributed by atoms with Crippen LogP contribution in [0.5, 0.6) is 17.2 Å². The molecule has 0 fully saturated rings. The maximum atomic E-state index is 13.0. The Bertz CT molecular complexity index is 1660. The molecule has 4 aromatic rings. The number of nitrogens with one attached hydrogen (secondary N) is 1. The molecule has 0 aliphatic carbocycles. The number of amides is 1. The van der Waals surface area contributed by atoms with Gasteiger partial charge in [-0.05, 0) is 54.8 Å². The SMILES string of the molecule is COc1ccc(C2C(C#N)=C(N)Oc3cc(NC(=O)c4cc(-c5ccc(C)c(C)c5)on4)ccc32)cc1OC. The van der Waals surface area contributed by atoms with Crippen molar-refractivity contribution in [3.63, 3.8) is 0 Å². The van der Waals surface area contributed by atoms with Crippen LogP contribution in [-0.4, -0.2) is 25.3 Å². The molecule has 5 rings (SSSR count). The van der Waals surface area contributed by atoms with Crippen molar-refractivity contribution < 1.29 is 23.5 Å². The molecule has 0 saturated carbocycles. The van der Waals surface area contributed by atoms with E-state index in [1.54, 1.807) is 50.6 Å². The highest BCUT2D eigenvalue weighted by Gasteiger charge is 2.31. The zero-order chi connectivity index (χ0) is 27.7. The number of ether oxygens (including phenoxy) is 3. The third kappa shape index (κ3) is 4.76. The highest BCUT2D eigenvalue weighted by Crippen LogP contribution is 2.44. The number of nitriles is 1. The number of allylic oxidation sites excluding steroid dienone is 1. The molecule has 0 spiro atoms. The number of benzene rings is 3. The molecule has 1 amide bonds. The van der Waals surface area contributed by atoms with Crippen LogP contribution in [0.4, 0.5) is 5.69 Å². The van der Waals surface area contributed by atoms with Gasteiger partial charge in [-0.1, -0.05) is 29.4 Å². The second kappa shape index (κ2) is 10.3. The van der Waals surface area contributed by atoms with E-state index in [1.165, 1.54) is 0 Å². The number of fused-ring (bicyclic) bond motifs is 1. The van der Waals surface area contributed by atoms with Crippen LogP contribution in [-0.2, 0) is 0 Å². The molecule has 9 nitrogen and oxygen atoms in total. The number of carbonyl (C=O) groups is 1. The largest absolute Gasteiger partial charge is 0.493 e. The predicted octanol–water partition coefficient (Wildman–Crippen LogP) is 5.45. The van der Waals surface area contributed by atoms with Gasteiger partial charge in [0.15, 0.2) is 23.0 Å². The number of hydrogen-bond donors (Lipinski definition) is 2. The van der Waals surface area contributed by atoms with Crippen molar-refractivity contribution in [3.8, 4) is 34.6 Å². The lowest BCUT2D eigenvalue weighted by molar-refractivity contribution is 0.101. The maximum absolute atomic E-state index is 13.0. The van der Waals surface area contributed by atoms with E-state index in [2.05, 4.69) is 16.5 Å². The second-order valence-electron chi connectivity index (χ2n) is 9.12. The average molecular weight is 523 g/mol. The number of rotatable bonds is 6. The normalized spacial score (nSPS) is 14.2. The lowest BCUT2D eigenvalue weighted by atomic mass is 9.83. The summed E-state index contributed by atoms with van der Waals surface area (Å²) >= 11 is 0. The lowest BCUT2D eigenvalue weighted by Gasteiger charge is -2.27. The molecular formula is C30H26N4O5. The van der Waals surface area contributed by atoms with E-state index >= 15 is 0 Å².